The average Bonchev–Trinajstić information content (AvgIpc) is 2.50. The second kappa shape index (κ2) is 7.11. The van der Waals surface area contributed by atoms with E-state index in [1.165, 1.54) is 7.11 Å². The summed E-state index contributed by atoms with van der Waals surface area (Å²) in [7, 11) is 1.52. The summed E-state index contributed by atoms with van der Waals surface area (Å²) >= 11 is 5.94. The summed E-state index contributed by atoms with van der Waals surface area (Å²) in [5, 5.41) is 3.25. The van der Waals surface area contributed by atoms with Crippen LogP contribution in [0.25, 0.3) is 0 Å². The molecule has 0 unspecified atom stereocenters. The van der Waals surface area contributed by atoms with Gasteiger partial charge in [0.25, 0.3) is 0 Å². The molecule has 4 nitrogen and oxygen atoms in total. The number of ether oxygens (including phenoxy) is 1. The Hall–Kier alpha value is -2.04. The first-order chi connectivity index (χ1) is 10.1. The maximum Gasteiger partial charge on any atom is 0.241 e. The molecule has 5 heteroatoms. The van der Waals surface area contributed by atoms with Crippen molar-refractivity contribution in [2.24, 2.45) is 5.73 Å². The fraction of sp³-hybridized carbons (Fsp3) is 0.188. The van der Waals surface area contributed by atoms with Gasteiger partial charge in [0, 0.05) is 11.8 Å². The third-order valence-electron chi connectivity index (χ3n) is 3.05. The molecule has 1 atom stereocenters. The van der Waals surface area contributed by atoms with Gasteiger partial charge in [-0.3, -0.25) is 4.79 Å². The van der Waals surface area contributed by atoms with Crippen LogP contribution in [0.2, 0.25) is 5.02 Å². The van der Waals surface area contributed by atoms with Gasteiger partial charge >= 0.3 is 0 Å². The molecule has 0 saturated carbocycles. The quantitative estimate of drug-likeness (QED) is 0.892. The molecule has 0 saturated heterocycles. The Morgan fingerprint density at radius 3 is 2.67 bits per heavy atom. The summed E-state index contributed by atoms with van der Waals surface area (Å²) in [5.41, 5.74) is 7.55. The van der Waals surface area contributed by atoms with Gasteiger partial charge in [0.2, 0.25) is 5.91 Å². The normalized spacial score (nSPS) is 11.8. The Balaban J connectivity index is 2.00. The van der Waals surface area contributed by atoms with Crippen LogP contribution in [0.4, 0.5) is 5.69 Å². The zero-order valence-electron chi connectivity index (χ0n) is 11.7. The number of anilines is 1. The van der Waals surface area contributed by atoms with Crippen LogP contribution in [-0.2, 0) is 11.2 Å². The summed E-state index contributed by atoms with van der Waals surface area (Å²) in [6.07, 6.45) is 0.484. The first-order valence-corrected chi connectivity index (χ1v) is 6.92. The lowest BCUT2D eigenvalue weighted by Crippen LogP contribution is -2.37. The fourth-order valence-electron chi connectivity index (χ4n) is 1.93. The van der Waals surface area contributed by atoms with Crippen molar-refractivity contribution in [1.82, 2.24) is 0 Å². The summed E-state index contributed by atoms with van der Waals surface area (Å²) in [5.74, 6) is 0.259. The summed E-state index contributed by atoms with van der Waals surface area (Å²) in [4.78, 5) is 12.1. The van der Waals surface area contributed by atoms with Gasteiger partial charge in [-0.05, 0) is 24.1 Å². The molecule has 0 aliphatic carbocycles. The Labute approximate surface area is 128 Å². The zero-order chi connectivity index (χ0) is 15.2. The number of hydrogen-bond acceptors (Lipinski definition) is 3. The number of methoxy groups -OCH3 is 1. The maximum atomic E-state index is 12.1. The molecule has 0 heterocycles. The topological polar surface area (TPSA) is 64.3 Å². The van der Waals surface area contributed by atoms with E-state index in [4.69, 9.17) is 22.1 Å². The highest BCUT2D eigenvalue weighted by molar-refractivity contribution is 6.32. The van der Waals surface area contributed by atoms with Gasteiger partial charge < -0.3 is 15.8 Å². The number of carbonyl (C=O) groups is 1. The van der Waals surface area contributed by atoms with Crippen molar-refractivity contribution in [2.75, 3.05) is 12.4 Å². The molecule has 0 aliphatic rings. The number of nitrogens with two attached hydrogens (primary N) is 1. The monoisotopic (exact) mass is 304 g/mol. The van der Waals surface area contributed by atoms with Gasteiger partial charge in [-0.15, -0.1) is 0 Å². The third kappa shape index (κ3) is 4.21. The van der Waals surface area contributed by atoms with Crippen molar-refractivity contribution < 1.29 is 9.53 Å². The second-order valence-corrected chi connectivity index (χ2v) is 5.04. The third-order valence-corrected chi connectivity index (χ3v) is 3.37. The van der Waals surface area contributed by atoms with E-state index in [0.717, 1.165) is 5.56 Å². The number of nitrogens with one attached hydrogen (secondary N) is 1. The first-order valence-electron chi connectivity index (χ1n) is 6.54. The van der Waals surface area contributed by atoms with Crippen LogP contribution in [0, 0.1) is 0 Å². The van der Waals surface area contributed by atoms with Crippen LogP contribution in [0.1, 0.15) is 5.56 Å². The molecule has 2 rings (SSSR count). The number of benzene rings is 2. The standard InChI is InChI=1S/C16H17ClN2O2/c1-21-15-10-12(7-8-13(15)17)19-16(20)14(18)9-11-5-3-2-4-6-11/h2-8,10,14H,9,18H2,1H3,(H,19,20)/t14-/m1/s1. The van der Waals surface area contributed by atoms with Crippen molar-refractivity contribution in [2.45, 2.75) is 12.5 Å². The van der Waals surface area contributed by atoms with E-state index in [-0.39, 0.29) is 5.91 Å². The van der Waals surface area contributed by atoms with Crippen LogP contribution < -0.4 is 15.8 Å². The summed E-state index contributed by atoms with van der Waals surface area (Å²) in [6.45, 7) is 0. The molecule has 2 aromatic rings. The number of rotatable bonds is 5. The van der Waals surface area contributed by atoms with Crippen LogP contribution in [-0.4, -0.2) is 19.1 Å². The molecule has 0 spiro atoms. The summed E-state index contributed by atoms with van der Waals surface area (Å²) < 4.78 is 5.11. The molecule has 110 valence electrons. The first kappa shape index (κ1) is 15.4. The van der Waals surface area contributed by atoms with Gasteiger partial charge in [0.05, 0.1) is 18.2 Å². The van der Waals surface area contributed by atoms with E-state index in [2.05, 4.69) is 5.32 Å². The lowest BCUT2D eigenvalue weighted by Gasteiger charge is -2.13. The smallest absolute Gasteiger partial charge is 0.241 e. The Kier molecular flexibility index (Phi) is 5.20. The highest BCUT2D eigenvalue weighted by atomic mass is 35.5. The van der Waals surface area contributed by atoms with Crippen molar-refractivity contribution >= 4 is 23.2 Å². The van der Waals surface area contributed by atoms with Gasteiger partial charge in [-0.2, -0.15) is 0 Å². The predicted molar refractivity (Wildman–Crippen MR) is 84.8 cm³/mol. The van der Waals surface area contributed by atoms with Crippen molar-refractivity contribution in [3.05, 3.63) is 59.1 Å². The minimum Gasteiger partial charge on any atom is -0.495 e. The van der Waals surface area contributed by atoms with Crippen molar-refractivity contribution in [3.8, 4) is 5.75 Å². The number of halogens is 1. The number of carbonyl (C=O) groups excluding carboxylic acids is 1. The van der Waals surface area contributed by atoms with E-state index < -0.39 is 6.04 Å². The van der Waals surface area contributed by atoms with Gasteiger partial charge in [-0.1, -0.05) is 41.9 Å². The van der Waals surface area contributed by atoms with Gasteiger partial charge in [0.1, 0.15) is 5.75 Å². The van der Waals surface area contributed by atoms with E-state index in [1.807, 2.05) is 30.3 Å². The molecule has 0 aliphatic heterocycles. The largest absolute Gasteiger partial charge is 0.495 e. The zero-order valence-corrected chi connectivity index (χ0v) is 12.4. The number of hydrogen-bond donors (Lipinski definition) is 2. The molecular formula is C16H17ClN2O2. The fourth-order valence-corrected chi connectivity index (χ4v) is 2.13. The van der Waals surface area contributed by atoms with Crippen LogP contribution in [0.3, 0.4) is 0 Å². The van der Waals surface area contributed by atoms with E-state index in [1.54, 1.807) is 18.2 Å². The molecule has 0 bridgehead atoms. The van der Waals surface area contributed by atoms with Gasteiger partial charge in [0.15, 0.2) is 0 Å². The maximum absolute atomic E-state index is 12.1. The molecule has 0 radical (unpaired) electrons. The average molecular weight is 305 g/mol. The van der Waals surface area contributed by atoms with Crippen molar-refractivity contribution in [3.63, 3.8) is 0 Å². The Morgan fingerprint density at radius 2 is 2.00 bits per heavy atom. The molecular weight excluding hydrogens is 288 g/mol. The Morgan fingerprint density at radius 1 is 1.29 bits per heavy atom. The van der Waals surface area contributed by atoms with E-state index >= 15 is 0 Å². The number of amides is 1. The SMILES string of the molecule is COc1cc(NC(=O)[C@H](N)Cc2ccccc2)ccc1Cl. The lowest BCUT2D eigenvalue weighted by atomic mass is 10.1. The molecule has 2 aromatic carbocycles. The lowest BCUT2D eigenvalue weighted by molar-refractivity contribution is -0.117. The highest BCUT2D eigenvalue weighted by Crippen LogP contribution is 2.27. The molecule has 3 N–H and O–H groups in total. The summed E-state index contributed by atoms with van der Waals surface area (Å²) in [6, 6.07) is 14.1. The minimum absolute atomic E-state index is 0.247. The highest BCUT2D eigenvalue weighted by Gasteiger charge is 2.14. The molecule has 21 heavy (non-hydrogen) atoms. The van der Waals surface area contributed by atoms with Crippen LogP contribution in [0.5, 0.6) is 5.75 Å². The van der Waals surface area contributed by atoms with E-state index in [0.29, 0.717) is 22.9 Å². The van der Waals surface area contributed by atoms with E-state index in [9.17, 15) is 4.79 Å². The molecule has 0 fully saturated rings. The molecule has 1 amide bonds. The molecule has 0 aromatic heterocycles. The van der Waals surface area contributed by atoms with Crippen LogP contribution in [0.15, 0.2) is 48.5 Å². The van der Waals surface area contributed by atoms with Crippen LogP contribution >= 0.6 is 11.6 Å². The minimum atomic E-state index is -0.617. The van der Waals surface area contributed by atoms with Crippen molar-refractivity contribution in [1.29, 1.82) is 0 Å². The second-order valence-electron chi connectivity index (χ2n) is 4.63. The Bertz CT molecular complexity index is 617. The van der Waals surface area contributed by atoms with Gasteiger partial charge in [-0.25, -0.2) is 0 Å². The predicted octanol–water partition coefficient (Wildman–Crippen LogP) is 2.86.